The monoisotopic (exact) mass is 304 g/mol. The van der Waals surface area contributed by atoms with E-state index in [0.717, 1.165) is 35.8 Å². The van der Waals surface area contributed by atoms with Crippen LogP contribution in [-0.4, -0.2) is 28.2 Å². The summed E-state index contributed by atoms with van der Waals surface area (Å²) in [4.78, 5) is 17.5. The highest BCUT2D eigenvalue weighted by Crippen LogP contribution is 2.29. The van der Waals surface area contributed by atoms with Gasteiger partial charge in [0.1, 0.15) is 5.03 Å². The first-order valence-electron chi connectivity index (χ1n) is 6.74. The first-order chi connectivity index (χ1) is 9.83. The predicted molar refractivity (Wildman–Crippen MR) is 83.0 cm³/mol. The van der Waals surface area contributed by atoms with Crippen LogP contribution in [0, 0.1) is 5.92 Å². The fraction of sp³-hybridized carbons (Fsp3) is 0.333. The zero-order valence-electron chi connectivity index (χ0n) is 11.1. The fourth-order valence-electron chi connectivity index (χ4n) is 2.36. The van der Waals surface area contributed by atoms with Gasteiger partial charge in [-0.1, -0.05) is 12.1 Å². The van der Waals surface area contributed by atoms with Gasteiger partial charge in [0.15, 0.2) is 5.78 Å². The number of hydrogen-bond donors (Lipinski definition) is 0. The molecule has 0 spiro atoms. The van der Waals surface area contributed by atoms with Gasteiger partial charge in [0, 0.05) is 25.2 Å². The highest BCUT2D eigenvalue weighted by atomic mass is 32.2. The lowest BCUT2D eigenvalue weighted by Crippen LogP contribution is -2.32. The number of pyridine rings is 1. The Morgan fingerprint density at radius 3 is 2.75 bits per heavy atom. The van der Waals surface area contributed by atoms with E-state index in [0.29, 0.717) is 5.78 Å². The average molecular weight is 304 g/mol. The SMILES string of the molecule is O=C(c1cccs1)C1CCN(Sc2ccccn2)CC1. The summed E-state index contributed by atoms with van der Waals surface area (Å²) in [6, 6.07) is 9.83. The molecule has 0 bridgehead atoms. The molecule has 0 N–H and O–H groups in total. The molecule has 20 heavy (non-hydrogen) atoms. The Kier molecular flexibility index (Phi) is 4.50. The Labute approximate surface area is 127 Å². The number of nitrogens with zero attached hydrogens (tertiary/aromatic N) is 2. The summed E-state index contributed by atoms with van der Waals surface area (Å²) in [5.74, 6) is 0.511. The molecule has 5 heteroatoms. The van der Waals surface area contributed by atoms with Crippen molar-refractivity contribution in [3.05, 3.63) is 46.8 Å². The van der Waals surface area contributed by atoms with E-state index in [2.05, 4.69) is 9.29 Å². The Balaban J connectivity index is 1.53. The topological polar surface area (TPSA) is 33.2 Å². The highest BCUT2D eigenvalue weighted by Gasteiger charge is 2.26. The van der Waals surface area contributed by atoms with E-state index < -0.39 is 0 Å². The van der Waals surface area contributed by atoms with Crippen LogP contribution in [0.1, 0.15) is 22.5 Å². The zero-order valence-corrected chi connectivity index (χ0v) is 12.7. The van der Waals surface area contributed by atoms with Crippen LogP contribution in [-0.2, 0) is 0 Å². The normalized spacial score (nSPS) is 17.2. The van der Waals surface area contributed by atoms with E-state index in [4.69, 9.17) is 0 Å². The molecule has 0 aliphatic carbocycles. The van der Waals surface area contributed by atoms with Crippen LogP contribution >= 0.6 is 23.3 Å². The summed E-state index contributed by atoms with van der Waals surface area (Å²) in [5.41, 5.74) is 0. The number of ketones is 1. The van der Waals surface area contributed by atoms with Crippen molar-refractivity contribution < 1.29 is 4.79 Å². The van der Waals surface area contributed by atoms with Gasteiger partial charge in [0.2, 0.25) is 0 Å². The van der Waals surface area contributed by atoms with Crippen LogP contribution in [0.2, 0.25) is 0 Å². The molecule has 0 atom stereocenters. The number of carbonyl (C=O) groups excluding carboxylic acids is 1. The molecule has 0 aromatic carbocycles. The maximum absolute atomic E-state index is 12.3. The highest BCUT2D eigenvalue weighted by molar-refractivity contribution is 7.97. The van der Waals surface area contributed by atoms with E-state index >= 15 is 0 Å². The molecule has 3 heterocycles. The van der Waals surface area contributed by atoms with Gasteiger partial charge in [-0.25, -0.2) is 9.29 Å². The molecule has 104 valence electrons. The molecule has 0 radical (unpaired) electrons. The molecular weight excluding hydrogens is 288 g/mol. The lowest BCUT2D eigenvalue weighted by atomic mass is 9.93. The first-order valence-corrected chi connectivity index (χ1v) is 8.40. The first kappa shape index (κ1) is 13.8. The number of aromatic nitrogens is 1. The molecule has 3 nitrogen and oxygen atoms in total. The minimum absolute atomic E-state index is 0.189. The van der Waals surface area contributed by atoms with Crippen molar-refractivity contribution in [1.29, 1.82) is 0 Å². The smallest absolute Gasteiger partial charge is 0.175 e. The lowest BCUT2D eigenvalue weighted by molar-refractivity contribution is 0.0883. The maximum Gasteiger partial charge on any atom is 0.175 e. The van der Waals surface area contributed by atoms with Crippen molar-refractivity contribution in [3.63, 3.8) is 0 Å². The van der Waals surface area contributed by atoms with Crippen molar-refractivity contribution in [2.45, 2.75) is 17.9 Å². The van der Waals surface area contributed by atoms with E-state index in [1.165, 1.54) is 0 Å². The summed E-state index contributed by atoms with van der Waals surface area (Å²) >= 11 is 3.24. The number of hydrogen-bond acceptors (Lipinski definition) is 5. The second kappa shape index (κ2) is 6.52. The standard InChI is InChI=1S/C15H16N2OS2/c18-15(13-4-3-11-19-13)12-6-9-17(10-7-12)20-14-5-1-2-8-16-14/h1-5,8,11-12H,6-7,9-10H2. The van der Waals surface area contributed by atoms with Gasteiger partial charge in [-0.3, -0.25) is 4.79 Å². The van der Waals surface area contributed by atoms with Crippen LogP contribution in [0.15, 0.2) is 46.9 Å². The number of piperidine rings is 1. The molecule has 3 rings (SSSR count). The molecule has 2 aromatic rings. The Morgan fingerprint density at radius 2 is 2.10 bits per heavy atom. The van der Waals surface area contributed by atoms with Crippen molar-refractivity contribution in [1.82, 2.24) is 9.29 Å². The molecule has 1 aliphatic heterocycles. The predicted octanol–water partition coefficient (Wildman–Crippen LogP) is 3.75. The van der Waals surface area contributed by atoms with Crippen molar-refractivity contribution in [2.75, 3.05) is 13.1 Å². The largest absolute Gasteiger partial charge is 0.293 e. The third-order valence-corrected chi connectivity index (χ3v) is 5.39. The van der Waals surface area contributed by atoms with Crippen LogP contribution in [0.25, 0.3) is 0 Å². The van der Waals surface area contributed by atoms with Gasteiger partial charge in [0.25, 0.3) is 0 Å². The molecule has 2 aromatic heterocycles. The summed E-state index contributed by atoms with van der Waals surface area (Å²) in [6.45, 7) is 1.89. The van der Waals surface area contributed by atoms with Gasteiger partial charge < -0.3 is 0 Å². The van der Waals surface area contributed by atoms with Crippen LogP contribution in [0.4, 0.5) is 0 Å². The zero-order chi connectivity index (χ0) is 13.8. The summed E-state index contributed by atoms with van der Waals surface area (Å²) in [7, 11) is 0. The summed E-state index contributed by atoms with van der Waals surface area (Å²) in [5, 5.41) is 3.00. The van der Waals surface area contributed by atoms with Crippen molar-refractivity contribution >= 4 is 29.1 Å². The molecule has 1 saturated heterocycles. The minimum Gasteiger partial charge on any atom is -0.293 e. The number of rotatable bonds is 4. The van der Waals surface area contributed by atoms with Crippen molar-refractivity contribution in [3.8, 4) is 0 Å². The average Bonchev–Trinajstić information content (AvgIpc) is 3.03. The Hall–Kier alpha value is -1.17. The van der Waals surface area contributed by atoms with Crippen LogP contribution in [0.5, 0.6) is 0 Å². The molecule has 0 unspecified atom stereocenters. The molecule has 0 saturated carbocycles. The lowest BCUT2D eigenvalue weighted by Gasteiger charge is -2.29. The molecule has 0 amide bonds. The molecular formula is C15H16N2OS2. The van der Waals surface area contributed by atoms with Gasteiger partial charge in [-0.05, 0) is 48.4 Å². The van der Waals surface area contributed by atoms with E-state index in [9.17, 15) is 4.79 Å². The number of carbonyl (C=O) groups is 1. The van der Waals surface area contributed by atoms with Crippen LogP contribution in [0.3, 0.4) is 0 Å². The van der Waals surface area contributed by atoms with Gasteiger partial charge >= 0.3 is 0 Å². The Bertz CT molecular complexity index is 549. The van der Waals surface area contributed by atoms with E-state index in [-0.39, 0.29) is 5.92 Å². The third-order valence-electron chi connectivity index (χ3n) is 3.45. The Morgan fingerprint density at radius 1 is 1.25 bits per heavy atom. The second-order valence-electron chi connectivity index (χ2n) is 4.80. The molecule has 1 fully saturated rings. The fourth-order valence-corrected chi connectivity index (χ4v) is 4.01. The van der Waals surface area contributed by atoms with Gasteiger partial charge in [-0.15, -0.1) is 11.3 Å². The van der Waals surface area contributed by atoms with E-state index in [1.54, 1.807) is 23.3 Å². The summed E-state index contributed by atoms with van der Waals surface area (Å²) < 4.78 is 2.31. The quantitative estimate of drug-likeness (QED) is 0.636. The van der Waals surface area contributed by atoms with Gasteiger partial charge in [-0.2, -0.15) is 0 Å². The number of Topliss-reactive ketones (excluding diaryl/α,β-unsaturated/α-hetero) is 1. The number of thiophene rings is 1. The summed E-state index contributed by atoms with van der Waals surface area (Å²) in [6.07, 6.45) is 3.70. The molecule has 1 aliphatic rings. The van der Waals surface area contributed by atoms with E-state index in [1.807, 2.05) is 41.9 Å². The van der Waals surface area contributed by atoms with Crippen molar-refractivity contribution in [2.24, 2.45) is 5.92 Å². The second-order valence-corrected chi connectivity index (χ2v) is 6.87. The minimum atomic E-state index is 0.189. The van der Waals surface area contributed by atoms with Gasteiger partial charge in [0.05, 0.1) is 4.88 Å². The third kappa shape index (κ3) is 3.29. The maximum atomic E-state index is 12.3. The van der Waals surface area contributed by atoms with Crippen LogP contribution < -0.4 is 0 Å².